The average molecular weight is 439 g/mol. The Bertz CT molecular complexity index is 1010. The molecule has 3 aromatic carbocycles. The summed E-state index contributed by atoms with van der Waals surface area (Å²) in [5.74, 6) is 4.14. The molecule has 0 fully saturated rings. The van der Waals surface area contributed by atoms with E-state index in [0.29, 0.717) is 35.4 Å². The van der Waals surface area contributed by atoms with E-state index in [-0.39, 0.29) is 0 Å². The molecule has 6 nitrogen and oxygen atoms in total. The molecule has 0 atom stereocenters. The molecular formula is C26H30O6. The van der Waals surface area contributed by atoms with Crippen LogP contribution in [0.15, 0.2) is 54.6 Å². The molecular weight excluding hydrogens is 408 g/mol. The van der Waals surface area contributed by atoms with Gasteiger partial charge in [0, 0.05) is 0 Å². The maximum atomic E-state index is 6.15. The lowest BCUT2D eigenvalue weighted by atomic mass is 10.0. The van der Waals surface area contributed by atoms with Crippen molar-refractivity contribution in [1.29, 1.82) is 0 Å². The fourth-order valence-corrected chi connectivity index (χ4v) is 3.54. The van der Waals surface area contributed by atoms with Gasteiger partial charge in [0.1, 0.15) is 12.4 Å². The molecule has 0 amide bonds. The number of hydrogen-bond donors (Lipinski definition) is 0. The number of methoxy groups -OCH3 is 5. The van der Waals surface area contributed by atoms with Crippen molar-refractivity contribution in [3.63, 3.8) is 0 Å². The number of rotatable bonds is 11. The Morgan fingerprint density at radius 3 is 1.78 bits per heavy atom. The first-order valence-corrected chi connectivity index (χ1v) is 10.3. The van der Waals surface area contributed by atoms with Gasteiger partial charge >= 0.3 is 0 Å². The van der Waals surface area contributed by atoms with Crippen LogP contribution in [0, 0.1) is 0 Å². The quantitative estimate of drug-likeness (QED) is 0.415. The molecule has 0 saturated carbocycles. The molecule has 0 aliphatic carbocycles. The molecule has 0 radical (unpaired) electrons. The predicted molar refractivity (Wildman–Crippen MR) is 124 cm³/mol. The maximum absolute atomic E-state index is 6.15. The molecule has 3 aromatic rings. The zero-order chi connectivity index (χ0) is 22.9. The third-order valence-electron chi connectivity index (χ3n) is 5.22. The second kappa shape index (κ2) is 11.2. The predicted octanol–water partition coefficient (Wildman–Crippen LogP) is 5.09. The van der Waals surface area contributed by atoms with Crippen LogP contribution >= 0.6 is 0 Å². The van der Waals surface area contributed by atoms with E-state index in [4.69, 9.17) is 28.4 Å². The molecule has 0 aromatic heterocycles. The Morgan fingerprint density at radius 2 is 1.16 bits per heavy atom. The maximum Gasteiger partial charge on any atom is 0.203 e. The zero-order valence-electron chi connectivity index (χ0n) is 19.3. The molecule has 0 heterocycles. The number of benzene rings is 3. The van der Waals surface area contributed by atoms with Gasteiger partial charge in [0.25, 0.3) is 0 Å². The van der Waals surface area contributed by atoms with Crippen LogP contribution in [-0.2, 0) is 19.4 Å². The minimum Gasteiger partial charge on any atom is -0.493 e. The molecule has 3 rings (SSSR count). The van der Waals surface area contributed by atoms with Gasteiger partial charge in [0.2, 0.25) is 5.75 Å². The van der Waals surface area contributed by atoms with Gasteiger partial charge in [-0.05, 0) is 59.9 Å². The lowest BCUT2D eigenvalue weighted by Crippen LogP contribution is -2.02. The van der Waals surface area contributed by atoms with Crippen molar-refractivity contribution in [2.75, 3.05) is 35.5 Å². The number of aryl methyl sites for hydroxylation is 2. The smallest absolute Gasteiger partial charge is 0.203 e. The summed E-state index contributed by atoms with van der Waals surface area (Å²) in [6.07, 6.45) is 1.61. The van der Waals surface area contributed by atoms with Gasteiger partial charge in [-0.15, -0.1) is 0 Å². The molecule has 0 saturated heterocycles. The standard InChI is InChI=1S/C26H30O6/c1-27-22-13-11-19(16-23(22)28-2)17-32-21-9-7-6-8-20(21)12-10-18-14-24(29-3)26(31-5)25(15-18)30-4/h6-9,11,13-16H,10,12,17H2,1-5H3. The van der Waals surface area contributed by atoms with E-state index >= 15 is 0 Å². The molecule has 0 unspecified atom stereocenters. The minimum absolute atomic E-state index is 0.432. The van der Waals surface area contributed by atoms with Crippen LogP contribution in [0.1, 0.15) is 16.7 Å². The van der Waals surface area contributed by atoms with E-state index in [1.807, 2.05) is 48.5 Å². The monoisotopic (exact) mass is 438 g/mol. The Morgan fingerprint density at radius 1 is 0.531 bits per heavy atom. The van der Waals surface area contributed by atoms with Crippen LogP contribution in [-0.4, -0.2) is 35.5 Å². The van der Waals surface area contributed by atoms with Gasteiger partial charge in [-0.25, -0.2) is 0 Å². The highest BCUT2D eigenvalue weighted by atomic mass is 16.5. The lowest BCUT2D eigenvalue weighted by Gasteiger charge is -2.15. The highest BCUT2D eigenvalue weighted by Gasteiger charge is 2.14. The largest absolute Gasteiger partial charge is 0.493 e. The summed E-state index contributed by atoms with van der Waals surface area (Å²) in [6.45, 7) is 0.432. The molecule has 0 spiro atoms. The van der Waals surface area contributed by atoms with Gasteiger partial charge in [0.05, 0.1) is 35.5 Å². The fraction of sp³-hybridized carbons (Fsp3) is 0.308. The summed E-state index contributed by atoms with van der Waals surface area (Å²) in [5.41, 5.74) is 3.22. The fourth-order valence-electron chi connectivity index (χ4n) is 3.54. The SMILES string of the molecule is COc1ccc(COc2ccccc2CCc2cc(OC)c(OC)c(OC)c2)cc1OC. The van der Waals surface area contributed by atoms with Crippen molar-refractivity contribution in [1.82, 2.24) is 0 Å². The molecule has 0 aliphatic rings. The molecule has 0 bridgehead atoms. The first-order chi connectivity index (χ1) is 15.6. The molecule has 0 aliphatic heterocycles. The summed E-state index contributed by atoms with van der Waals surface area (Å²) in [5, 5.41) is 0. The van der Waals surface area contributed by atoms with E-state index in [1.54, 1.807) is 35.5 Å². The number of ether oxygens (including phenoxy) is 6. The third-order valence-corrected chi connectivity index (χ3v) is 5.22. The second-order valence-electron chi connectivity index (χ2n) is 7.12. The van der Waals surface area contributed by atoms with Crippen molar-refractivity contribution >= 4 is 0 Å². The van der Waals surface area contributed by atoms with Crippen LogP contribution in [0.4, 0.5) is 0 Å². The number of para-hydroxylation sites is 1. The Hall–Kier alpha value is -3.54. The second-order valence-corrected chi connectivity index (χ2v) is 7.12. The van der Waals surface area contributed by atoms with Crippen LogP contribution in [0.25, 0.3) is 0 Å². The van der Waals surface area contributed by atoms with Crippen molar-refractivity contribution < 1.29 is 28.4 Å². The van der Waals surface area contributed by atoms with Crippen molar-refractivity contribution in [3.05, 3.63) is 71.3 Å². The zero-order valence-corrected chi connectivity index (χ0v) is 19.3. The van der Waals surface area contributed by atoms with E-state index < -0.39 is 0 Å². The molecule has 6 heteroatoms. The summed E-state index contributed by atoms with van der Waals surface area (Å²) in [4.78, 5) is 0. The van der Waals surface area contributed by atoms with E-state index in [0.717, 1.165) is 35.3 Å². The topological polar surface area (TPSA) is 55.4 Å². The Kier molecular flexibility index (Phi) is 8.08. The van der Waals surface area contributed by atoms with E-state index in [9.17, 15) is 0 Å². The van der Waals surface area contributed by atoms with E-state index in [1.165, 1.54) is 0 Å². The summed E-state index contributed by atoms with van der Waals surface area (Å²) >= 11 is 0. The molecule has 0 N–H and O–H groups in total. The van der Waals surface area contributed by atoms with Crippen LogP contribution in [0.2, 0.25) is 0 Å². The molecule has 170 valence electrons. The highest BCUT2D eigenvalue weighted by Crippen LogP contribution is 2.38. The van der Waals surface area contributed by atoms with Gasteiger partial charge in [-0.2, -0.15) is 0 Å². The average Bonchev–Trinajstić information content (AvgIpc) is 2.85. The Balaban J connectivity index is 1.72. The minimum atomic E-state index is 0.432. The normalized spacial score (nSPS) is 10.4. The van der Waals surface area contributed by atoms with Crippen molar-refractivity contribution in [3.8, 4) is 34.5 Å². The summed E-state index contributed by atoms with van der Waals surface area (Å²) in [7, 11) is 8.10. The van der Waals surface area contributed by atoms with Gasteiger partial charge in [0.15, 0.2) is 23.0 Å². The van der Waals surface area contributed by atoms with E-state index in [2.05, 4.69) is 6.07 Å². The van der Waals surface area contributed by atoms with Crippen LogP contribution < -0.4 is 28.4 Å². The van der Waals surface area contributed by atoms with Gasteiger partial charge in [-0.3, -0.25) is 0 Å². The van der Waals surface area contributed by atoms with Crippen molar-refractivity contribution in [2.45, 2.75) is 19.4 Å². The molecule has 32 heavy (non-hydrogen) atoms. The van der Waals surface area contributed by atoms with Crippen LogP contribution in [0.5, 0.6) is 34.5 Å². The summed E-state index contributed by atoms with van der Waals surface area (Å²) in [6, 6.07) is 17.8. The van der Waals surface area contributed by atoms with Crippen molar-refractivity contribution in [2.24, 2.45) is 0 Å². The lowest BCUT2D eigenvalue weighted by molar-refractivity contribution is 0.300. The highest BCUT2D eigenvalue weighted by molar-refractivity contribution is 5.54. The van der Waals surface area contributed by atoms with Gasteiger partial charge < -0.3 is 28.4 Å². The first-order valence-electron chi connectivity index (χ1n) is 10.3. The summed E-state index contributed by atoms with van der Waals surface area (Å²) < 4.78 is 33.2. The number of hydrogen-bond acceptors (Lipinski definition) is 6. The third kappa shape index (κ3) is 5.38. The first kappa shape index (κ1) is 23.1. The Labute approximate surface area is 189 Å². The van der Waals surface area contributed by atoms with Gasteiger partial charge in [-0.1, -0.05) is 24.3 Å². The van der Waals surface area contributed by atoms with Crippen LogP contribution in [0.3, 0.4) is 0 Å².